The van der Waals surface area contributed by atoms with Crippen LogP contribution in [0.1, 0.15) is 44.9 Å². The third kappa shape index (κ3) is 11.5. The Morgan fingerprint density at radius 1 is 1.16 bits per heavy atom. The Hall–Kier alpha value is -3.27. The zero-order valence-electron chi connectivity index (χ0n) is 19.1. The molecule has 31 heavy (non-hydrogen) atoms. The van der Waals surface area contributed by atoms with Crippen molar-refractivity contribution in [1.82, 2.24) is 10.3 Å². The van der Waals surface area contributed by atoms with Crippen LogP contribution in [0.5, 0.6) is 5.88 Å². The van der Waals surface area contributed by atoms with E-state index in [1.807, 2.05) is 63.3 Å². The van der Waals surface area contributed by atoms with Crippen LogP contribution in [0, 0.1) is 0 Å². The molecule has 0 bridgehead atoms. The van der Waals surface area contributed by atoms with E-state index in [0.29, 0.717) is 25.3 Å². The van der Waals surface area contributed by atoms with Gasteiger partial charge in [0.2, 0.25) is 5.88 Å². The van der Waals surface area contributed by atoms with Crippen molar-refractivity contribution < 1.29 is 9.84 Å². The molecule has 4 heteroatoms. The third-order valence-corrected chi connectivity index (χ3v) is 4.19. The fourth-order valence-corrected chi connectivity index (χ4v) is 2.54. The zero-order chi connectivity index (χ0) is 23.1. The van der Waals surface area contributed by atoms with E-state index in [0.717, 1.165) is 28.9 Å². The van der Waals surface area contributed by atoms with Gasteiger partial charge in [0.25, 0.3) is 0 Å². The highest BCUT2D eigenvalue weighted by Crippen LogP contribution is 2.19. The largest absolute Gasteiger partial charge is 0.513 e. The number of pyridine rings is 1. The minimum absolute atomic E-state index is 0.0400. The monoisotopic (exact) mass is 420 g/mol. The topological polar surface area (TPSA) is 54.4 Å². The van der Waals surface area contributed by atoms with Crippen molar-refractivity contribution in [2.75, 3.05) is 0 Å². The summed E-state index contributed by atoms with van der Waals surface area (Å²) in [7, 11) is 0. The Labute approximate surface area is 187 Å². The Morgan fingerprint density at radius 3 is 2.58 bits per heavy atom. The average Bonchev–Trinajstić information content (AvgIpc) is 2.72. The Morgan fingerprint density at radius 2 is 1.94 bits per heavy atom. The number of nitrogens with one attached hydrogen (secondary N) is 1. The van der Waals surface area contributed by atoms with E-state index >= 15 is 0 Å². The molecule has 0 aromatic carbocycles. The molecule has 1 aromatic rings. The first-order valence-corrected chi connectivity index (χ1v) is 10.6. The van der Waals surface area contributed by atoms with Gasteiger partial charge in [-0.3, -0.25) is 0 Å². The van der Waals surface area contributed by atoms with Gasteiger partial charge in [0.15, 0.2) is 0 Å². The van der Waals surface area contributed by atoms with E-state index in [-0.39, 0.29) is 11.9 Å². The fraction of sp³-hybridized carbons (Fsp3) is 0.296. The fourth-order valence-electron chi connectivity index (χ4n) is 2.54. The Bertz CT molecular complexity index is 858. The number of nitrogens with zero attached hydrogens (tertiary/aromatic N) is 1. The molecule has 0 saturated carbocycles. The maximum atomic E-state index is 9.21. The summed E-state index contributed by atoms with van der Waals surface area (Å²) in [5.74, 6) is 0.830. The van der Waals surface area contributed by atoms with Crippen LogP contribution in [-0.2, 0) is 13.0 Å². The molecule has 166 valence electrons. The standard InChI is InChI=1S/C27H36N2O2/c1-7-9-10-11-12-13-26-19-17-24(27(29-26)31-21(3)4)20-28-25(8-2)18-15-22(5)14-16-23(6)30/h7-12,15,17-19,21,28,30H,1,5-6,13-14,16,20H2,2-4H3/b10-9-,12-11-,18-15-,25-8+. The molecule has 4 nitrogen and oxygen atoms in total. The Kier molecular flexibility index (Phi) is 12.2. The van der Waals surface area contributed by atoms with Crippen LogP contribution in [0.2, 0.25) is 0 Å². The van der Waals surface area contributed by atoms with Crippen molar-refractivity contribution >= 4 is 0 Å². The van der Waals surface area contributed by atoms with E-state index in [4.69, 9.17) is 9.72 Å². The number of aliphatic hydroxyl groups is 1. The molecular weight excluding hydrogens is 384 g/mol. The van der Waals surface area contributed by atoms with E-state index in [2.05, 4.69) is 37.2 Å². The van der Waals surface area contributed by atoms with E-state index in [1.54, 1.807) is 6.08 Å². The first kappa shape index (κ1) is 25.8. The summed E-state index contributed by atoms with van der Waals surface area (Å²) >= 11 is 0. The highest BCUT2D eigenvalue weighted by atomic mass is 16.5. The van der Waals surface area contributed by atoms with Crippen LogP contribution >= 0.6 is 0 Å². The molecule has 0 amide bonds. The molecular formula is C27H36N2O2. The van der Waals surface area contributed by atoms with E-state index in [9.17, 15) is 5.11 Å². The lowest BCUT2D eigenvalue weighted by Crippen LogP contribution is -2.15. The van der Waals surface area contributed by atoms with Crippen molar-refractivity contribution in [2.45, 2.75) is 52.7 Å². The van der Waals surface area contributed by atoms with Gasteiger partial charge in [-0.25, -0.2) is 4.98 Å². The maximum absolute atomic E-state index is 9.21. The summed E-state index contributed by atoms with van der Waals surface area (Å²) in [6.07, 6.45) is 17.5. The van der Waals surface area contributed by atoms with Gasteiger partial charge in [0.1, 0.15) is 0 Å². The number of aromatic nitrogens is 1. The second-order valence-electron chi connectivity index (χ2n) is 7.34. The van der Waals surface area contributed by atoms with Crippen molar-refractivity contribution in [1.29, 1.82) is 0 Å². The number of ether oxygens (including phenoxy) is 1. The first-order valence-electron chi connectivity index (χ1n) is 10.6. The van der Waals surface area contributed by atoms with Gasteiger partial charge in [-0.2, -0.15) is 0 Å². The molecule has 1 heterocycles. The number of allylic oxidation sites excluding steroid dienone is 10. The van der Waals surface area contributed by atoms with Gasteiger partial charge < -0.3 is 15.2 Å². The maximum Gasteiger partial charge on any atom is 0.218 e. The second kappa shape index (κ2) is 14.7. The number of hydrogen-bond donors (Lipinski definition) is 2. The summed E-state index contributed by atoms with van der Waals surface area (Å²) < 4.78 is 5.96. The lowest BCUT2D eigenvalue weighted by molar-refractivity contribution is 0.229. The van der Waals surface area contributed by atoms with Crippen LogP contribution in [0.3, 0.4) is 0 Å². The third-order valence-electron chi connectivity index (χ3n) is 4.19. The minimum atomic E-state index is 0.0400. The molecule has 0 aliphatic heterocycles. The average molecular weight is 421 g/mol. The van der Waals surface area contributed by atoms with E-state index < -0.39 is 0 Å². The lowest BCUT2D eigenvalue weighted by Gasteiger charge is -2.15. The molecule has 0 spiro atoms. The minimum Gasteiger partial charge on any atom is -0.513 e. The van der Waals surface area contributed by atoms with Crippen LogP contribution in [0.25, 0.3) is 0 Å². The summed E-state index contributed by atoms with van der Waals surface area (Å²) in [5, 5.41) is 12.6. The molecule has 1 rings (SSSR count). The molecule has 0 unspecified atom stereocenters. The predicted octanol–water partition coefficient (Wildman–Crippen LogP) is 6.67. The van der Waals surface area contributed by atoms with Crippen molar-refractivity contribution in [3.8, 4) is 5.88 Å². The smallest absolute Gasteiger partial charge is 0.218 e. The predicted molar refractivity (Wildman–Crippen MR) is 132 cm³/mol. The molecule has 0 aliphatic rings. The summed E-state index contributed by atoms with van der Waals surface area (Å²) in [6.45, 7) is 17.7. The van der Waals surface area contributed by atoms with Crippen LogP contribution < -0.4 is 10.1 Å². The first-order chi connectivity index (χ1) is 14.8. The number of rotatable bonds is 14. The molecule has 2 N–H and O–H groups in total. The van der Waals surface area contributed by atoms with Gasteiger partial charge in [-0.1, -0.05) is 73.9 Å². The van der Waals surface area contributed by atoms with Gasteiger partial charge in [-0.05, 0) is 39.3 Å². The molecule has 0 fully saturated rings. The highest BCUT2D eigenvalue weighted by Gasteiger charge is 2.09. The summed E-state index contributed by atoms with van der Waals surface area (Å²) in [5.41, 5.74) is 3.86. The van der Waals surface area contributed by atoms with Crippen molar-refractivity contribution in [3.05, 3.63) is 109 Å². The van der Waals surface area contributed by atoms with E-state index in [1.165, 1.54) is 0 Å². The van der Waals surface area contributed by atoms with Crippen molar-refractivity contribution in [2.24, 2.45) is 0 Å². The van der Waals surface area contributed by atoms with Crippen molar-refractivity contribution in [3.63, 3.8) is 0 Å². The second-order valence-corrected chi connectivity index (χ2v) is 7.34. The lowest BCUT2D eigenvalue weighted by atomic mass is 10.1. The van der Waals surface area contributed by atoms with Gasteiger partial charge >= 0.3 is 0 Å². The number of hydrogen-bond acceptors (Lipinski definition) is 4. The Balaban J connectivity index is 2.81. The summed E-state index contributed by atoms with van der Waals surface area (Å²) in [6, 6.07) is 4.09. The molecule has 0 radical (unpaired) electrons. The quantitative estimate of drug-likeness (QED) is 0.261. The normalized spacial score (nSPS) is 12.2. The summed E-state index contributed by atoms with van der Waals surface area (Å²) in [4.78, 5) is 4.71. The number of aliphatic hydroxyl groups excluding tert-OH is 1. The zero-order valence-corrected chi connectivity index (χ0v) is 19.1. The molecule has 0 saturated heterocycles. The van der Waals surface area contributed by atoms with Crippen LogP contribution in [-0.4, -0.2) is 16.2 Å². The van der Waals surface area contributed by atoms with Gasteiger partial charge in [0, 0.05) is 36.3 Å². The van der Waals surface area contributed by atoms with Crippen LogP contribution in [0.4, 0.5) is 0 Å². The molecule has 1 aromatic heterocycles. The highest BCUT2D eigenvalue weighted by molar-refractivity contribution is 5.31. The van der Waals surface area contributed by atoms with Gasteiger partial charge in [0.05, 0.1) is 11.9 Å². The SMILES string of the molecule is C=C/C=C\C=C/Cc1ccc(CNC(/C=C\C(=C)CCC(=C)O)=C/C)c(OC(C)C)n1. The van der Waals surface area contributed by atoms with Crippen LogP contribution in [0.15, 0.2) is 97.5 Å². The molecule has 0 aliphatic carbocycles. The van der Waals surface area contributed by atoms with Gasteiger partial charge in [-0.15, -0.1) is 0 Å². The molecule has 0 atom stereocenters.